The minimum absolute atomic E-state index is 0.0869. The molecule has 1 amide bonds. The van der Waals surface area contributed by atoms with Crippen LogP contribution in [0.4, 0.5) is 14.5 Å². The summed E-state index contributed by atoms with van der Waals surface area (Å²) < 4.78 is 31.4. The number of ether oxygens (including phenoxy) is 1. The lowest BCUT2D eigenvalue weighted by Crippen LogP contribution is -2.14. The number of carbonyl (C=O) groups excluding carboxylic acids is 1. The molecule has 0 saturated heterocycles. The van der Waals surface area contributed by atoms with Crippen LogP contribution in [0, 0.1) is 11.6 Å². The number of hydrogen-bond acceptors (Lipinski definition) is 4. The van der Waals surface area contributed by atoms with Crippen LogP contribution < -0.4 is 10.1 Å². The fourth-order valence-electron chi connectivity index (χ4n) is 2.11. The third-order valence-electron chi connectivity index (χ3n) is 3.23. The van der Waals surface area contributed by atoms with Crippen LogP contribution in [0.15, 0.2) is 53.9 Å². The number of aromatic nitrogens is 1. The fourth-order valence-corrected chi connectivity index (χ4v) is 2.81. The number of nitrogens with zero attached hydrogens (tertiary/aromatic N) is 1. The van der Waals surface area contributed by atoms with E-state index >= 15 is 0 Å². The van der Waals surface area contributed by atoms with Crippen molar-refractivity contribution in [2.45, 2.75) is 13.0 Å². The molecule has 0 bridgehead atoms. The third kappa shape index (κ3) is 5.09. The Bertz CT molecular complexity index is 866. The monoisotopic (exact) mass is 360 g/mol. The zero-order chi connectivity index (χ0) is 17.6. The van der Waals surface area contributed by atoms with E-state index in [0.29, 0.717) is 22.1 Å². The molecule has 1 heterocycles. The van der Waals surface area contributed by atoms with Gasteiger partial charge in [0.15, 0.2) is 0 Å². The number of carbonyl (C=O) groups is 1. The maximum atomic E-state index is 13.1. The summed E-state index contributed by atoms with van der Waals surface area (Å²) in [6, 6.07) is 11.4. The van der Waals surface area contributed by atoms with E-state index in [4.69, 9.17) is 4.74 Å². The van der Waals surface area contributed by atoms with E-state index in [1.807, 2.05) is 0 Å². The maximum Gasteiger partial charge on any atom is 0.230 e. The summed E-state index contributed by atoms with van der Waals surface area (Å²) in [6.07, 6.45) is 0.0869. The Morgan fingerprint density at radius 1 is 1.12 bits per heavy atom. The molecule has 25 heavy (non-hydrogen) atoms. The number of amides is 1. The summed E-state index contributed by atoms with van der Waals surface area (Å²) in [5.74, 6) is -0.469. The van der Waals surface area contributed by atoms with Crippen LogP contribution in [-0.4, -0.2) is 10.9 Å². The lowest BCUT2D eigenvalue weighted by Gasteiger charge is -2.04. The van der Waals surface area contributed by atoms with Gasteiger partial charge in [-0.1, -0.05) is 6.07 Å². The summed E-state index contributed by atoms with van der Waals surface area (Å²) in [6.45, 7) is 0.238. The summed E-state index contributed by atoms with van der Waals surface area (Å²) in [5.41, 5.74) is 1.01. The predicted molar refractivity (Wildman–Crippen MR) is 91.6 cm³/mol. The number of benzene rings is 2. The van der Waals surface area contributed by atoms with Crippen LogP contribution in [0.5, 0.6) is 5.75 Å². The largest absolute Gasteiger partial charge is 0.486 e. The Kier molecular flexibility index (Phi) is 5.35. The van der Waals surface area contributed by atoms with Crippen molar-refractivity contribution < 1.29 is 18.3 Å². The molecule has 0 radical (unpaired) electrons. The van der Waals surface area contributed by atoms with Gasteiger partial charge < -0.3 is 10.1 Å². The van der Waals surface area contributed by atoms with Crippen LogP contribution in [0.25, 0.3) is 0 Å². The van der Waals surface area contributed by atoms with Gasteiger partial charge in [-0.3, -0.25) is 4.79 Å². The minimum Gasteiger partial charge on any atom is -0.486 e. The maximum absolute atomic E-state index is 13.1. The third-order valence-corrected chi connectivity index (χ3v) is 4.10. The Labute approximate surface area is 147 Å². The van der Waals surface area contributed by atoms with Crippen molar-refractivity contribution in [3.63, 3.8) is 0 Å². The Balaban J connectivity index is 1.52. The normalized spacial score (nSPS) is 10.5. The summed E-state index contributed by atoms with van der Waals surface area (Å²) >= 11 is 1.37. The first-order valence-corrected chi connectivity index (χ1v) is 8.33. The van der Waals surface area contributed by atoms with E-state index in [-0.39, 0.29) is 24.8 Å². The first-order chi connectivity index (χ1) is 12.1. The lowest BCUT2D eigenvalue weighted by molar-refractivity contribution is -0.115. The highest BCUT2D eigenvalue weighted by Gasteiger charge is 2.09. The first kappa shape index (κ1) is 17.0. The molecule has 0 aliphatic heterocycles. The topological polar surface area (TPSA) is 51.2 Å². The second-order valence-electron chi connectivity index (χ2n) is 5.21. The fraction of sp³-hybridized carbons (Fsp3) is 0.111. The number of anilines is 1. The van der Waals surface area contributed by atoms with Crippen LogP contribution in [-0.2, 0) is 17.8 Å². The van der Waals surface area contributed by atoms with Gasteiger partial charge in [0.2, 0.25) is 5.91 Å². The highest BCUT2D eigenvalue weighted by molar-refractivity contribution is 7.09. The standard InChI is InChI=1S/C18H14F2N2O2S/c19-12-4-6-16(7-5-12)24-10-18-22-15(11-25-18)9-17(23)21-14-3-1-2-13(20)8-14/h1-8,11H,9-10H2,(H,21,23). The van der Waals surface area contributed by atoms with Gasteiger partial charge in [-0.05, 0) is 42.5 Å². The van der Waals surface area contributed by atoms with Crippen LogP contribution >= 0.6 is 11.3 Å². The molecule has 0 atom stereocenters. The molecule has 1 N–H and O–H groups in total. The quantitative estimate of drug-likeness (QED) is 0.717. The molecule has 0 saturated carbocycles. The molecule has 1 aromatic heterocycles. The van der Waals surface area contributed by atoms with E-state index in [2.05, 4.69) is 10.3 Å². The molecule has 7 heteroatoms. The smallest absolute Gasteiger partial charge is 0.230 e. The molecule has 0 aliphatic rings. The van der Waals surface area contributed by atoms with Crippen LogP contribution in [0.2, 0.25) is 0 Å². The zero-order valence-corrected chi connectivity index (χ0v) is 13.9. The van der Waals surface area contributed by atoms with Crippen LogP contribution in [0.3, 0.4) is 0 Å². The van der Waals surface area contributed by atoms with Gasteiger partial charge in [0.05, 0.1) is 12.1 Å². The van der Waals surface area contributed by atoms with Gasteiger partial charge in [-0.2, -0.15) is 0 Å². The van der Waals surface area contributed by atoms with Crippen molar-refractivity contribution in [2.24, 2.45) is 0 Å². The molecule has 128 valence electrons. The first-order valence-electron chi connectivity index (χ1n) is 7.45. The van der Waals surface area contributed by atoms with E-state index in [0.717, 1.165) is 0 Å². The lowest BCUT2D eigenvalue weighted by atomic mass is 10.3. The average molecular weight is 360 g/mol. The molecule has 2 aromatic carbocycles. The molecule has 0 fully saturated rings. The Morgan fingerprint density at radius 2 is 1.92 bits per heavy atom. The van der Waals surface area contributed by atoms with Crippen molar-refractivity contribution in [1.82, 2.24) is 4.98 Å². The molecular weight excluding hydrogens is 346 g/mol. The van der Waals surface area contributed by atoms with Gasteiger partial charge in [0.1, 0.15) is 29.0 Å². The van der Waals surface area contributed by atoms with Crippen molar-refractivity contribution in [1.29, 1.82) is 0 Å². The molecule has 3 rings (SSSR count). The molecule has 4 nitrogen and oxygen atoms in total. The van der Waals surface area contributed by atoms with Crippen molar-refractivity contribution in [3.8, 4) is 5.75 Å². The number of halogens is 2. The van der Waals surface area contributed by atoms with E-state index in [1.165, 1.54) is 53.8 Å². The van der Waals surface area contributed by atoms with Gasteiger partial charge in [-0.15, -0.1) is 11.3 Å². The minimum atomic E-state index is -0.410. The summed E-state index contributed by atoms with van der Waals surface area (Å²) in [5, 5.41) is 5.10. The number of hydrogen-bond donors (Lipinski definition) is 1. The summed E-state index contributed by atoms with van der Waals surface area (Å²) in [4.78, 5) is 16.3. The molecule has 0 spiro atoms. The van der Waals surface area contributed by atoms with E-state index in [1.54, 1.807) is 11.4 Å². The van der Waals surface area contributed by atoms with E-state index in [9.17, 15) is 13.6 Å². The molecular formula is C18H14F2N2O2S. The number of thiazole rings is 1. The SMILES string of the molecule is O=C(Cc1csc(COc2ccc(F)cc2)n1)Nc1cccc(F)c1. The summed E-state index contributed by atoms with van der Waals surface area (Å²) in [7, 11) is 0. The highest BCUT2D eigenvalue weighted by Crippen LogP contribution is 2.17. The van der Waals surface area contributed by atoms with Gasteiger partial charge in [-0.25, -0.2) is 13.8 Å². The second kappa shape index (κ2) is 7.85. The number of nitrogens with one attached hydrogen (secondary N) is 1. The second-order valence-corrected chi connectivity index (χ2v) is 6.15. The molecule has 3 aromatic rings. The van der Waals surface area contributed by atoms with E-state index < -0.39 is 5.82 Å². The average Bonchev–Trinajstić information content (AvgIpc) is 3.01. The van der Waals surface area contributed by atoms with Crippen LogP contribution in [0.1, 0.15) is 10.7 Å². The molecule has 0 aliphatic carbocycles. The highest BCUT2D eigenvalue weighted by atomic mass is 32.1. The van der Waals surface area contributed by atoms with Gasteiger partial charge in [0, 0.05) is 11.1 Å². The zero-order valence-electron chi connectivity index (χ0n) is 13.0. The van der Waals surface area contributed by atoms with Crippen molar-refractivity contribution in [3.05, 3.63) is 76.2 Å². The Hall–Kier alpha value is -2.80. The van der Waals surface area contributed by atoms with Crippen molar-refractivity contribution in [2.75, 3.05) is 5.32 Å². The predicted octanol–water partition coefficient (Wildman–Crippen LogP) is 4.18. The van der Waals surface area contributed by atoms with Gasteiger partial charge >= 0.3 is 0 Å². The molecule has 0 unspecified atom stereocenters. The van der Waals surface area contributed by atoms with Gasteiger partial charge in [0.25, 0.3) is 0 Å². The van der Waals surface area contributed by atoms with Crippen molar-refractivity contribution >= 4 is 22.9 Å². The number of rotatable bonds is 6. The Morgan fingerprint density at radius 3 is 2.68 bits per heavy atom.